The van der Waals surface area contributed by atoms with E-state index in [1.165, 1.54) is 0 Å². The van der Waals surface area contributed by atoms with E-state index in [0.29, 0.717) is 18.9 Å². The van der Waals surface area contributed by atoms with Crippen LogP contribution in [0, 0.1) is 0 Å². The minimum absolute atomic E-state index is 0.00199. The highest BCUT2D eigenvalue weighted by Crippen LogP contribution is 2.38. The Morgan fingerprint density at radius 2 is 1.95 bits per heavy atom. The van der Waals surface area contributed by atoms with Crippen LogP contribution < -0.4 is 9.64 Å². The second-order valence-electron chi connectivity index (χ2n) is 4.92. The number of carbonyl (C=O) groups excluding carboxylic acids is 1. The van der Waals surface area contributed by atoms with Gasteiger partial charge in [0.1, 0.15) is 12.4 Å². The average Bonchev–Trinajstić information content (AvgIpc) is 2.51. The SMILES string of the molecule is O=C(O)CCC(=O)N1CCOc2ccc3ccccc3c21. The monoisotopic (exact) mass is 285 g/mol. The van der Waals surface area contributed by atoms with Crippen molar-refractivity contribution in [1.82, 2.24) is 0 Å². The molecule has 0 fully saturated rings. The molecule has 0 aromatic heterocycles. The van der Waals surface area contributed by atoms with Crippen LogP contribution in [-0.4, -0.2) is 30.1 Å². The lowest BCUT2D eigenvalue weighted by Crippen LogP contribution is -2.38. The van der Waals surface area contributed by atoms with Gasteiger partial charge in [-0.25, -0.2) is 0 Å². The molecule has 0 radical (unpaired) electrons. The fourth-order valence-electron chi connectivity index (χ4n) is 2.59. The first-order chi connectivity index (χ1) is 10.2. The van der Waals surface area contributed by atoms with Crippen LogP contribution in [0.1, 0.15) is 12.8 Å². The minimum Gasteiger partial charge on any atom is -0.490 e. The highest BCUT2D eigenvalue weighted by Gasteiger charge is 2.25. The molecule has 0 aliphatic carbocycles. The maximum absolute atomic E-state index is 12.3. The van der Waals surface area contributed by atoms with Crippen LogP contribution >= 0.6 is 0 Å². The lowest BCUT2D eigenvalue weighted by Gasteiger charge is -2.30. The van der Waals surface area contributed by atoms with E-state index in [4.69, 9.17) is 9.84 Å². The van der Waals surface area contributed by atoms with Gasteiger partial charge in [0.15, 0.2) is 0 Å². The van der Waals surface area contributed by atoms with E-state index in [9.17, 15) is 9.59 Å². The molecule has 108 valence electrons. The number of anilines is 1. The van der Waals surface area contributed by atoms with Gasteiger partial charge in [-0.15, -0.1) is 0 Å². The molecule has 1 aliphatic heterocycles. The molecule has 1 amide bonds. The molecule has 0 saturated heterocycles. The lowest BCUT2D eigenvalue weighted by molar-refractivity contribution is -0.138. The summed E-state index contributed by atoms with van der Waals surface area (Å²) in [5, 5.41) is 10.7. The van der Waals surface area contributed by atoms with Gasteiger partial charge < -0.3 is 14.7 Å². The van der Waals surface area contributed by atoms with Crippen LogP contribution in [0.2, 0.25) is 0 Å². The van der Waals surface area contributed by atoms with Crippen molar-refractivity contribution in [2.45, 2.75) is 12.8 Å². The molecule has 2 aromatic carbocycles. The number of hydrogen-bond acceptors (Lipinski definition) is 3. The quantitative estimate of drug-likeness (QED) is 0.940. The van der Waals surface area contributed by atoms with E-state index in [2.05, 4.69) is 0 Å². The van der Waals surface area contributed by atoms with Crippen molar-refractivity contribution in [3.05, 3.63) is 36.4 Å². The van der Waals surface area contributed by atoms with Crippen molar-refractivity contribution in [2.75, 3.05) is 18.1 Å². The van der Waals surface area contributed by atoms with Crippen molar-refractivity contribution >= 4 is 28.3 Å². The van der Waals surface area contributed by atoms with Crippen LogP contribution in [0.4, 0.5) is 5.69 Å². The summed E-state index contributed by atoms with van der Waals surface area (Å²) in [6, 6.07) is 11.6. The van der Waals surface area contributed by atoms with Gasteiger partial charge in [-0.2, -0.15) is 0 Å². The summed E-state index contributed by atoms with van der Waals surface area (Å²) in [4.78, 5) is 24.6. The third-order valence-corrected chi connectivity index (χ3v) is 3.56. The second-order valence-corrected chi connectivity index (χ2v) is 4.92. The Labute approximate surface area is 121 Å². The molecule has 5 heteroatoms. The first kappa shape index (κ1) is 13.4. The van der Waals surface area contributed by atoms with E-state index in [0.717, 1.165) is 16.5 Å². The molecule has 1 aliphatic rings. The number of rotatable bonds is 3. The zero-order valence-electron chi connectivity index (χ0n) is 11.4. The maximum Gasteiger partial charge on any atom is 0.303 e. The largest absolute Gasteiger partial charge is 0.490 e. The molecule has 0 bridgehead atoms. The van der Waals surface area contributed by atoms with Gasteiger partial charge in [-0.3, -0.25) is 9.59 Å². The topological polar surface area (TPSA) is 66.8 Å². The second kappa shape index (κ2) is 5.44. The molecule has 0 spiro atoms. The number of carbonyl (C=O) groups is 2. The Bertz CT molecular complexity index is 710. The average molecular weight is 285 g/mol. The summed E-state index contributed by atoms with van der Waals surface area (Å²) in [5.41, 5.74) is 0.745. The molecule has 1 heterocycles. The minimum atomic E-state index is -0.963. The van der Waals surface area contributed by atoms with Gasteiger partial charge >= 0.3 is 5.97 Å². The Balaban J connectivity index is 2.02. The van der Waals surface area contributed by atoms with E-state index < -0.39 is 5.97 Å². The number of carboxylic acid groups (broad SMARTS) is 1. The maximum atomic E-state index is 12.3. The number of aliphatic carboxylic acids is 1. The number of nitrogens with zero attached hydrogens (tertiary/aromatic N) is 1. The Kier molecular flexibility index (Phi) is 3.48. The van der Waals surface area contributed by atoms with Crippen LogP contribution in [-0.2, 0) is 9.59 Å². The van der Waals surface area contributed by atoms with Gasteiger partial charge in [-0.05, 0) is 11.5 Å². The number of carboxylic acids is 1. The first-order valence-corrected chi connectivity index (χ1v) is 6.83. The van der Waals surface area contributed by atoms with Crippen molar-refractivity contribution < 1.29 is 19.4 Å². The number of amides is 1. The van der Waals surface area contributed by atoms with Gasteiger partial charge in [0, 0.05) is 11.8 Å². The molecule has 21 heavy (non-hydrogen) atoms. The summed E-state index contributed by atoms with van der Waals surface area (Å²) >= 11 is 0. The molecule has 5 nitrogen and oxygen atoms in total. The van der Waals surface area contributed by atoms with Crippen molar-refractivity contribution in [2.24, 2.45) is 0 Å². The van der Waals surface area contributed by atoms with E-state index in [1.807, 2.05) is 36.4 Å². The summed E-state index contributed by atoms with van der Waals surface area (Å²) in [7, 11) is 0. The van der Waals surface area contributed by atoms with Gasteiger partial charge in [0.25, 0.3) is 0 Å². The Morgan fingerprint density at radius 3 is 2.76 bits per heavy atom. The highest BCUT2D eigenvalue weighted by molar-refractivity contribution is 6.06. The Morgan fingerprint density at radius 1 is 1.14 bits per heavy atom. The molecule has 3 rings (SSSR count). The van der Waals surface area contributed by atoms with Crippen LogP contribution in [0.25, 0.3) is 10.8 Å². The Hall–Kier alpha value is -2.56. The summed E-state index contributed by atoms with van der Waals surface area (Å²) in [5.74, 6) is -0.475. The third-order valence-electron chi connectivity index (χ3n) is 3.56. The van der Waals surface area contributed by atoms with E-state index in [-0.39, 0.29) is 18.7 Å². The number of ether oxygens (including phenoxy) is 1. The standard InChI is InChI=1S/C16H15NO4/c18-14(7-8-15(19)20)17-9-10-21-13-6-5-11-3-1-2-4-12(11)16(13)17/h1-6H,7-10H2,(H,19,20). The zero-order valence-corrected chi connectivity index (χ0v) is 11.4. The van der Waals surface area contributed by atoms with Gasteiger partial charge in [-0.1, -0.05) is 30.3 Å². The van der Waals surface area contributed by atoms with Crippen LogP contribution in [0.3, 0.4) is 0 Å². The van der Waals surface area contributed by atoms with Crippen LogP contribution in [0.15, 0.2) is 36.4 Å². The predicted octanol–water partition coefficient (Wildman–Crippen LogP) is 2.43. The summed E-state index contributed by atoms with van der Waals surface area (Å²) < 4.78 is 5.63. The first-order valence-electron chi connectivity index (χ1n) is 6.83. The van der Waals surface area contributed by atoms with Crippen molar-refractivity contribution in [3.8, 4) is 5.75 Å². The molecule has 1 N–H and O–H groups in total. The van der Waals surface area contributed by atoms with Crippen molar-refractivity contribution in [3.63, 3.8) is 0 Å². The molecular formula is C16H15NO4. The molecule has 0 atom stereocenters. The van der Waals surface area contributed by atoms with Crippen LogP contribution in [0.5, 0.6) is 5.75 Å². The predicted molar refractivity (Wildman–Crippen MR) is 78.7 cm³/mol. The van der Waals surface area contributed by atoms with Crippen molar-refractivity contribution in [1.29, 1.82) is 0 Å². The third kappa shape index (κ3) is 2.54. The van der Waals surface area contributed by atoms with E-state index in [1.54, 1.807) is 4.90 Å². The number of fused-ring (bicyclic) bond motifs is 3. The molecule has 0 saturated carbocycles. The number of hydrogen-bond donors (Lipinski definition) is 1. The molecule has 0 unspecified atom stereocenters. The molecule has 2 aromatic rings. The summed E-state index contributed by atoms with van der Waals surface area (Å²) in [6.45, 7) is 0.865. The normalized spacial score (nSPS) is 13.6. The molecular weight excluding hydrogens is 270 g/mol. The van der Waals surface area contributed by atoms with Gasteiger partial charge in [0.05, 0.1) is 18.7 Å². The zero-order chi connectivity index (χ0) is 14.8. The fraction of sp³-hybridized carbons (Fsp3) is 0.250. The van der Waals surface area contributed by atoms with Gasteiger partial charge in [0.2, 0.25) is 5.91 Å². The fourth-order valence-corrected chi connectivity index (χ4v) is 2.59. The highest BCUT2D eigenvalue weighted by atomic mass is 16.5. The summed E-state index contributed by atoms with van der Waals surface area (Å²) in [6.07, 6.45) is -0.158. The smallest absolute Gasteiger partial charge is 0.303 e. The van der Waals surface area contributed by atoms with E-state index >= 15 is 0 Å². The number of benzene rings is 2. The lowest BCUT2D eigenvalue weighted by atomic mass is 10.1.